The minimum Gasteiger partial charge on any atom is -0.329 e. The maximum absolute atomic E-state index is 6.21. The van der Waals surface area contributed by atoms with Gasteiger partial charge in [-0.05, 0) is 51.5 Å². The van der Waals surface area contributed by atoms with Crippen LogP contribution in [0.15, 0.2) is 0 Å². The predicted octanol–water partition coefficient (Wildman–Crippen LogP) is 1.67. The SMILES string of the molecule is CC1CCN(C2(CN)CCN(C3CC3)C2)C(C)C1. The monoisotopic (exact) mass is 251 g/mol. The Bertz CT molecular complexity index is 302. The Kier molecular flexibility index (Phi) is 3.41. The van der Waals surface area contributed by atoms with Gasteiger partial charge in [-0.25, -0.2) is 0 Å². The summed E-state index contributed by atoms with van der Waals surface area (Å²) < 4.78 is 0. The molecule has 3 atom stereocenters. The van der Waals surface area contributed by atoms with Crippen molar-refractivity contribution in [2.45, 2.75) is 63.6 Å². The maximum Gasteiger partial charge on any atom is 0.0473 e. The van der Waals surface area contributed by atoms with Gasteiger partial charge in [-0.15, -0.1) is 0 Å². The molecule has 3 aliphatic rings. The van der Waals surface area contributed by atoms with Crippen LogP contribution in [0, 0.1) is 5.92 Å². The maximum atomic E-state index is 6.21. The van der Waals surface area contributed by atoms with Crippen molar-refractivity contribution in [3.8, 4) is 0 Å². The van der Waals surface area contributed by atoms with Crippen LogP contribution in [0.5, 0.6) is 0 Å². The zero-order valence-electron chi connectivity index (χ0n) is 12.1. The molecule has 2 aliphatic heterocycles. The number of rotatable bonds is 3. The van der Waals surface area contributed by atoms with Crippen molar-refractivity contribution in [1.29, 1.82) is 0 Å². The van der Waals surface area contributed by atoms with Crippen molar-refractivity contribution in [2.75, 3.05) is 26.2 Å². The van der Waals surface area contributed by atoms with Gasteiger partial charge in [-0.1, -0.05) is 6.92 Å². The van der Waals surface area contributed by atoms with E-state index in [1.165, 1.54) is 51.7 Å². The number of nitrogens with zero attached hydrogens (tertiary/aromatic N) is 2. The molecule has 0 aromatic rings. The standard InChI is InChI=1S/C15H29N3/c1-12-5-7-18(13(2)9-12)15(10-16)6-8-17(11-15)14-3-4-14/h12-14H,3-11,16H2,1-2H3. The average Bonchev–Trinajstić information content (AvgIpc) is 3.10. The molecule has 0 radical (unpaired) electrons. The van der Waals surface area contributed by atoms with E-state index in [0.29, 0.717) is 5.54 Å². The second kappa shape index (κ2) is 4.77. The molecule has 0 aromatic heterocycles. The molecular formula is C15H29N3. The van der Waals surface area contributed by atoms with Gasteiger partial charge in [0.1, 0.15) is 0 Å². The van der Waals surface area contributed by atoms with Crippen molar-refractivity contribution in [3.05, 3.63) is 0 Å². The first-order valence-electron chi connectivity index (χ1n) is 7.85. The number of likely N-dealkylation sites (tertiary alicyclic amines) is 2. The van der Waals surface area contributed by atoms with Gasteiger partial charge >= 0.3 is 0 Å². The van der Waals surface area contributed by atoms with Crippen LogP contribution >= 0.6 is 0 Å². The van der Waals surface area contributed by atoms with Gasteiger partial charge in [0, 0.05) is 37.3 Å². The molecule has 2 N–H and O–H groups in total. The molecule has 3 heteroatoms. The Hall–Kier alpha value is -0.120. The molecule has 2 heterocycles. The highest BCUT2D eigenvalue weighted by Crippen LogP contribution is 2.38. The van der Waals surface area contributed by atoms with Crippen LogP contribution in [-0.2, 0) is 0 Å². The molecule has 1 saturated carbocycles. The van der Waals surface area contributed by atoms with Crippen LogP contribution in [0.25, 0.3) is 0 Å². The van der Waals surface area contributed by atoms with Crippen LogP contribution in [-0.4, -0.2) is 53.6 Å². The van der Waals surface area contributed by atoms with Crippen molar-refractivity contribution >= 4 is 0 Å². The highest BCUT2D eigenvalue weighted by atomic mass is 15.3. The van der Waals surface area contributed by atoms with Crippen LogP contribution in [0.4, 0.5) is 0 Å². The lowest BCUT2D eigenvalue weighted by molar-refractivity contribution is 0.0194. The van der Waals surface area contributed by atoms with Crippen LogP contribution in [0.1, 0.15) is 46.0 Å². The van der Waals surface area contributed by atoms with Crippen molar-refractivity contribution in [1.82, 2.24) is 9.80 Å². The summed E-state index contributed by atoms with van der Waals surface area (Å²) >= 11 is 0. The zero-order chi connectivity index (χ0) is 12.8. The Morgan fingerprint density at radius 2 is 1.94 bits per heavy atom. The van der Waals surface area contributed by atoms with Crippen LogP contribution < -0.4 is 5.73 Å². The average molecular weight is 251 g/mol. The topological polar surface area (TPSA) is 32.5 Å². The third-order valence-corrected chi connectivity index (χ3v) is 5.55. The van der Waals surface area contributed by atoms with Crippen molar-refractivity contribution < 1.29 is 0 Å². The molecule has 3 fully saturated rings. The van der Waals surface area contributed by atoms with E-state index in [1.54, 1.807) is 0 Å². The summed E-state index contributed by atoms with van der Waals surface area (Å²) in [5, 5.41) is 0. The van der Waals surface area contributed by atoms with Gasteiger partial charge in [0.25, 0.3) is 0 Å². The quantitative estimate of drug-likeness (QED) is 0.828. The second-order valence-corrected chi connectivity index (χ2v) is 7.05. The molecule has 0 spiro atoms. The van der Waals surface area contributed by atoms with E-state index in [1.807, 2.05) is 0 Å². The largest absolute Gasteiger partial charge is 0.329 e. The van der Waals surface area contributed by atoms with Gasteiger partial charge < -0.3 is 5.73 Å². The van der Waals surface area contributed by atoms with Crippen LogP contribution in [0.3, 0.4) is 0 Å². The first-order chi connectivity index (χ1) is 8.64. The molecule has 104 valence electrons. The molecule has 0 aromatic carbocycles. The third kappa shape index (κ3) is 2.21. The molecule has 2 saturated heterocycles. The fraction of sp³-hybridized carbons (Fsp3) is 1.00. The first kappa shape index (κ1) is 12.9. The summed E-state index contributed by atoms with van der Waals surface area (Å²) in [6.07, 6.45) is 6.85. The zero-order valence-corrected chi connectivity index (χ0v) is 12.1. The molecule has 1 aliphatic carbocycles. The summed E-state index contributed by atoms with van der Waals surface area (Å²) in [5.41, 5.74) is 6.50. The summed E-state index contributed by atoms with van der Waals surface area (Å²) in [5.74, 6) is 0.895. The molecule has 3 nitrogen and oxygen atoms in total. The van der Waals surface area contributed by atoms with Gasteiger partial charge in [-0.3, -0.25) is 9.80 Å². The van der Waals surface area contributed by atoms with E-state index >= 15 is 0 Å². The van der Waals surface area contributed by atoms with E-state index in [9.17, 15) is 0 Å². The normalized spacial score (nSPS) is 43.5. The fourth-order valence-electron chi connectivity index (χ4n) is 4.27. The van der Waals surface area contributed by atoms with E-state index in [2.05, 4.69) is 23.6 Å². The molecule has 3 unspecified atom stereocenters. The van der Waals surface area contributed by atoms with E-state index in [0.717, 1.165) is 24.5 Å². The number of hydrogen-bond acceptors (Lipinski definition) is 3. The summed E-state index contributed by atoms with van der Waals surface area (Å²) in [4.78, 5) is 5.47. The lowest BCUT2D eigenvalue weighted by Crippen LogP contribution is -2.60. The second-order valence-electron chi connectivity index (χ2n) is 7.05. The first-order valence-corrected chi connectivity index (χ1v) is 7.85. The molecule has 0 bridgehead atoms. The van der Waals surface area contributed by atoms with Crippen molar-refractivity contribution in [2.24, 2.45) is 11.7 Å². The number of piperidine rings is 1. The lowest BCUT2D eigenvalue weighted by Gasteiger charge is -2.48. The summed E-state index contributed by atoms with van der Waals surface area (Å²) in [6.45, 7) is 9.42. The third-order valence-electron chi connectivity index (χ3n) is 5.55. The lowest BCUT2D eigenvalue weighted by atomic mass is 9.86. The number of hydrogen-bond donors (Lipinski definition) is 1. The molecular weight excluding hydrogens is 222 g/mol. The highest BCUT2D eigenvalue weighted by Gasteiger charge is 2.47. The minimum absolute atomic E-state index is 0.294. The number of nitrogens with two attached hydrogens (primary N) is 1. The smallest absolute Gasteiger partial charge is 0.0473 e. The van der Waals surface area contributed by atoms with Crippen molar-refractivity contribution in [3.63, 3.8) is 0 Å². The van der Waals surface area contributed by atoms with Gasteiger partial charge in [0.15, 0.2) is 0 Å². The van der Waals surface area contributed by atoms with E-state index in [4.69, 9.17) is 5.73 Å². The Morgan fingerprint density at radius 1 is 1.17 bits per heavy atom. The highest BCUT2D eigenvalue weighted by molar-refractivity contribution is 5.05. The van der Waals surface area contributed by atoms with Gasteiger partial charge in [0.2, 0.25) is 0 Å². The van der Waals surface area contributed by atoms with E-state index in [-0.39, 0.29) is 0 Å². The molecule has 3 rings (SSSR count). The molecule has 18 heavy (non-hydrogen) atoms. The fourth-order valence-corrected chi connectivity index (χ4v) is 4.27. The van der Waals surface area contributed by atoms with Crippen LogP contribution in [0.2, 0.25) is 0 Å². The predicted molar refractivity (Wildman–Crippen MR) is 75.6 cm³/mol. The Morgan fingerprint density at radius 3 is 2.56 bits per heavy atom. The minimum atomic E-state index is 0.294. The van der Waals surface area contributed by atoms with E-state index < -0.39 is 0 Å². The summed E-state index contributed by atoms with van der Waals surface area (Å²) in [6, 6.07) is 1.62. The Labute approximate surface area is 112 Å². The molecule has 0 amide bonds. The van der Waals surface area contributed by atoms with Gasteiger partial charge in [-0.2, -0.15) is 0 Å². The van der Waals surface area contributed by atoms with Gasteiger partial charge in [0.05, 0.1) is 0 Å². The summed E-state index contributed by atoms with van der Waals surface area (Å²) in [7, 11) is 0. The Balaban J connectivity index is 1.71.